The first-order valence-electron chi connectivity index (χ1n) is 7.85. The second-order valence-electron chi connectivity index (χ2n) is 5.21. The van der Waals surface area contributed by atoms with E-state index in [1.54, 1.807) is 0 Å². The minimum Gasteiger partial charge on any atom is -0.478 e. The molecule has 0 fully saturated rings. The molecule has 0 atom stereocenters. The van der Waals surface area contributed by atoms with Crippen LogP contribution in [-0.2, 0) is 33.3 Å². The van der Waals surface area contributed by atoms with Gasteiger partial charge in [0.1, 0.15) is 12.9 Å². The van der Waals surface area contributed by atoms with Crippen LogP contribution in [0.5, 0.6) is 0 Å². The van der Waals surface area contributed by atoms with Crippen LogP contribution in [0.4, 0.5) is 4.79 Å². The van der Waals surface area contributed by atoms with Gasteiger partial charge in [0.2, 0.25) is 5.60 Å². The van der Waals surface area contributed by atoms with Crippen LogP contribution < -0.4 is 5.32 Å². The van der Waals surface area contributed by atoms with Crippen LogP contribution in [0.3, 0.4) is 0 Å². The predicted molar refractivity (Wildman–Crippen MR) is 85.5 cm³/mol. The highest BCUT2D eigenvalue weighted by Crippen LogP contribution is 2.08. The molecule has 10 heteroatoms. The topological polar surface area (TPSA) is 130 Å². The Hall–Kier alpha value is -1.75. The highest BCUT2D eigenvalue weighted by atomic mass is 16.6. The molecule has 0 aliphatic heterocycles. The van der Waals surface area contributed by atoms with E-state index in [0.29, 0.717) is 45.9 Å². The van der Waals surface area contributed by atoms with Gasteiger partial charge in [0.15, 0.2) is 0 Å². The molecule has 0 spiro atoms. The van der Waals surface area contributed by atoms with Crippen molar-refractivity contribution in [2.75, 3.05) is 59.4 Å². The van der Waals surface area contributed by atoms with E-state index < -0.39 is 17.7 Å². The molecule has 0 heterocycles. The van der Waals surface area contributed by atoms with E-state index in [-0.39, 0.29) is 19.8 Å². The molecular formula is C15H27NO9. The number of carboxylic acids is 1. The van der Waals surface area contributed by atoms with Crippen molar-refractivity contribution in [2.24, 2.45) is 0 Å². The van der Waals surface area contributed by atoms with Gasteiger partial charge in [0, 0.05) is 6.54 Å². The lowest BCUT2D eigenvalue weighted by molar-refractivity contribution is -0.154. The van der Waals surface area contributed by atoms with Gasteiger partial charge in [-0.2, -0.15) is 0 Å². The van der Waals surface area contributed by atoms with Crippen molar-refractivity contribution < 1.29 is 43.2 Å². The monoisotopic (exact) mass is 365 g/mol. The van der Waals surface area contributed by atoms with Gasteiger partial charge >= 0.3 is 12.1 Å². The molecular weight excluding hydrogens is 338 g/mol. The molecule has 0 saturated carbocycles. The maximum atomic E-state index is 11.4. The van der Waals surface area contributed by atoms with Crippen molar-refractivity contribution in [3.8, 4) is 0 Å². The van der Waals surface area contributed by atoms with E-state index in [1.807, 2.05) is 0 Å². The van der Waals surface area contributed by atoms with Gasteiger partial charge in [-0.15, -0.1) is 0 Å². The van der Waals surface area contributed by atoms with E-state index >= 15 is 0 Å². The number of hydrogen-bond donors (Lipinski definition) is 2. The smallest absolute Gasteiger partial charge is 0.408 e. The number of carboxylic acid groups (broad SMARTS) is 1. The number of rotatable bonds is 16. The molecule has 0 aromatic heterocycles. The maximum Gasteiger partial charge on any atom is 0.408 e. The van der Waals surface area contributed by atoms with Gasteiger partial charge in [-0.05, 0) is 13.8 Å². The summed E-state index contributed by atoms with van der Waals surface area (Å²) in [5.41, 5.74) is -1.58. The maximum absolute atomic E-state index is 11.4. The van der Waals surface area contributed by atoms with Crippen LogP contribution in [0, 0.1) is 0 Å². The van der Waals surface area contributed by atoms with E-state index in [4.69, 9.17) is 28.8 Å². The highest BCUT2D eigenvalue weighted by molar-refractivity contribution is 5.80. The third-order valence-electron chi connectivity index (χ3n) is 2.68. The Morgan fingerprint density at radius 1 is 0.920 bits per heavy atom. The minimum absolute atomic E-state index is 0.0705. The number of alkyl carbamates (subject to hydrolysis) is 1. The average molecular weight is 365 g/mol. The number of carbonyl (C=O) groups excluding carboxylic acids is 2. The van der Waals surface area contributed by atoms with Crippen LogP contribution >= 0.6 is 0 Å². The highest BCUT2D eigenvalue weighted by Gasteiger charge is 2.31. The Morgan fingerprint density at radius 3 is 1.88 bits per heavy atom. The minimum atomic E-state index is -1.58. The zero-order valence-corrected chi connectivity index (χ0v) is 14.7. The zero-order valence-electron chi connectivity index (χ0n) is 14.7. The van der Waals surface area contributed by atoms with Crippen molar-refractivity contribution in [1.29, 1.82) is 0 Å². The molecule has 10 nitrogen and oxygen atoms in total. The third kappa shape index (κ3) is 14.3. The van der Waals surface area contributed by atoms with Gasteiger partial charge in [0.25, 0.3) is 0 Å². The quantitative estimate of drug-likeness (QED) is 0.283. The van der Waals surface area contributed by atoms with Crippen LogP contribution in [0.25, 0.3) is 0 Å². The van der Waals surface area contributed by atoms with Crippen LogP contribution in [-0.4, -0.2) is 88.5 Å². The Morgan fingerprint density at radius 2 is 1.40 bits per heavy atom. The van der Waals surface area contributed by atoms with E-state index in [2.05, 4.69) is 5.32 Å². The Balaban J connectivity index is 3.32. The Kier molecular flexibility index (Phi) is 13.6. The molecule has 2 N–H and O–H groups in total. The van der Waals surface area contributed by atoms with Gasteiger partial charge in [-0.25, -0.2) is 9.59 Å². The van der Waals surface area contributed by atoms with Crippen molar-refractivity contribution in [1.82, 2.24) is 5.32 Å². The zero-order chi connectivity index (χ0) is 19.0. The molecule has 0 rings (SSSR count). The second-order valence-corrected chi connectivity index (χ2v) is 5.21. The first kappa shape index (κ1) is 23.2. The lowest BCUT2D eigenvalue weighted by atomic mass is 10.1. The summed E-state index contributed by atoms with van der Waals surface area (Å²) >= 11 is 0. The number of amides is 1. The van der Waals surface area contributed by atoms with E-state index in [9.17, 15) is 14.4 Å². The largest absolute Gasteiger partial charge is 0.478 e. The van der Waals surface area contributed by atoms with Crippen molar-refractivity contribution in [2.45, 2.75) is 19.4 Å². The number of aliphatic carboxylic acids is 1. The van der Waals surface area contributed by atoms with Gasteiger partial charge < -0.3 is 38.9 Å². The summed E-state index contributed by atoms with van der Waals surface area (Å²) in [6.45, 7) is 5.38. The molecule has 0 radical (unpaired) electrons. The predicted octanol–water partition coefficient (Wildman–Crippen LogP) is -0.159. The summed E-state index contributed by atoms with van der Waals surface area (Å²) in [6, 6.07) is 0. The number of aldehydes is 1. The molecule has 0 unspecified atom stereocenters. The van der Waals surface area contributed by atoms with Crippen LogP contribution in [0.2, 0.25) is 0 Å². The first-order valence-corrected chi connectivity index (χ1v) is 7.85. The molecule has 0 aromatic rings. The number of carbonyl (C=O) groups is 3. The summed E-state index contributed by atoms with van der Waals surface area (Å²) in [5, 5.41) is 11.2. The third-order valence-corrected chi connectivity index (χ3v) is 2.68. The van der Waals surface area contributed by atoms with Gasteiger partial charge in [-0.3, -0.25) is 0 Å². The second kappa shape index (κ2) is 14.6. The molecule has 1 amide bonds. The van der Waals surface area contributed by atoms with Crippen molar-refractivity contribution in [3.63, 3.8) is 0 Å². The van der Waals surface area contributed by atoms with Crippen molar-refractivity contribution in [3.05, 3.63) is 0 Å². The van der Waals surface area contributed by atoms with Gasteiger partial charge in [-0.1, -0.05) is 0 Å². The summed E-state index contributed by atoms with van der Waals surface area (Å²) in [4.78, 5) is 32.1. The Labute approximate surface area is 146 Å². The lowest BCUT2D eigenvalue weighted by Crippen LogP contribution is -2.41. The summed E-state index contributed by atoms with van der Waals surface area (Å²) in [6.07, 6.45) is -0.139. The Bertz CT molecular complexity index is 387. The fraction of sp³-hybridized carbons (Fsp3) is 0.800. The van der Waals surface area contributed by atoms with E-state index in [1.165, 1.54) is 13.8 Å². The van der Waals surface area contributed by atoms with Crippen LogP contribution in [0.1, 0.15) is 13.8 Å². The van der Waals surface area contributed by atoms with E-state index in [0.717, 1.165) is 0 Å². The molecule has 0 saturated heterocycles. The summed E-state index contributed by atoms with van der Waals surface area (Å²) in [5.74, 6) is -1.23. The normalized spacial score (nSPS) is 11.1. The van der Waals surface area contributed by atoms with Crippen molar-refractivity contribution >= 4 is 18.3 Å². The number of ether oxygens (including phenoxy) is 5. The molecule has 25 heavy (non-hydrogen) atoms. The first-order chi connectivity index (χ1) is 11.9. The SMILES string of the molecule is CC(C)(OC(=O)NCCOCCOCCOCCOCC=O)C(=O)O. The molecule has 0 bridgehead atoms. The molecule has 0 aliphatic rings. The standard InChI is InChI=1S/C15H27NO9/c1-15(2,13(18)19)25-14(20)16-3-5-21-7-9-23-11-12-24-10-8-22-6-4-17/h4H,3,5-12H2,1-2H3,(H,16,20)(H,18,19). The fourth-order valence-electron chi connectivity index (χ4n) is 1.33. The fourth-order valence-corrected chi connectivity index (χ4v) is 1.33. The molecule has 0 aliphatic carbocycles. The molecule has 146 valence electrons. The van der Waals surface area contributed by atoms with Gasteiger partial charge in [0.05, 0.1) is 46.2 Å². The average Bonchev–Trinajstić information content (AvgIpc) is 2.54. The molecule has 0 aromatic carbocycles. The van der Waals surface area contributed by atoms with Crippen LogP contribution in [0.15, 0.2) is 0 Å². The lowest BCUT2D eigenvalue weighted by Gasteiger charge is -2.20. The summed E-state index contributed by atoms with van der Waals surface area (Å²) in [7, 11) is 0. The summed E-state index contributed by atoms with van der Waals surface area (Å²) < 4.78 is 25.3. The number of hydrogen-bond acceptors (Lipinski definition) is 8. The number of nitrogens with one attached hydrogen (secondary N) is 1.